The van der Waals surface area contributed by atoms with Crippen molar-refractivity contribution in [3.05, 3.63) is 54.0 Å². The molecule has 2 aromatic heterocycles. The van der Waals surface area contributed by atoms with E-state index in [1.54, 1.807) is 6.92 Å². The zero-order valence-corrected chi connectivity index (χ0v) is 14.3. The van der Waals surface area contributed by atoms with Crippen molar-refractivity contribution in [2.45, 2.75) is 39.1 Å². The molecule has 130 valence electrons. The predicted molar refractivity (Wildman–Crippen MR) is 94.8 cm³/mol. The van der Waals surface area contributed by atoms with Gasteiger partial charge in [0.2, 0.25) is 5.91 Å². The summed E-state index contributed by atoms with van der Waals surface area (Å²) < 4.78 is 3.92. The molecule has 1 aliphatic heterocycles. The molecule has 0 bridgehead atoms. The van der Waals surface area contributed by atoms with Crippen molar-refractivity contribution >= 4 is 16.8 Å². The lowest BCUT2D eigenvalue weighted by molar-refractivity contribution is -0.132. The van der Waals surface area contributed by atoms with Gasteiger partial charge in [0.25, 0.3) is 0 Å². The Labute approximate surface area is 146 Å². The molecular formula is C19H22N4O2. The Morgan fingerprint density at radius 3 is 2.96 bits per heavy atom. The number of aromatic nitrogens is 3. The number of aryl methyl sites for hydroxylation is 1. The van der Waals surface area contributed by atoms with Crippen LogP contribution in [-0.4, -0.2) is 36.8 Å². The van der Waals surface area contributed by atoms with Crippen LogP contribution in [0, 0.1) is 0 Å². The molecule has 4 rings (SSSR count). The van der Waals surface area contributed by atoms with Gasteiger partial charge in [0.15, 0.2) is 0 Å². The van der Waals surface area contributed by atoms with E-state index >= 15 is 0 Å². The molecule has 0 fully saturated rings. The van der Waals surface area contributed by atoms with E-state index in [0.717, 1.165) is 36.1 Å². The highest BCUT2D eigenvalue weighted by atomic mass is 16.3. The van der Waals surface area contributed by atoms with Gasteiger partial charge in [0.05, 0.1) is 24.0 Å². The molecule has 1 aromatic carbocycles. The summed E-state index contributed by atoms with van der Waals surface area (Å²) in [7, 11) is 0. The van der Waals surface area contributed by atoms with Gasteiger partial charge in [-0.25, -0.2) is 0 Å². The van der Waals surface area contributed by atoms with E-state index in [4.69, 9.17) is 0 Å². The van der Waals surface area contributed by atoms with Gasteiger partial charge in [-0.3, -0.25) is 9.48 Å². The Morgan fingerprint density at radius 2 is 2.12 bits per heavy atom. The quantitative estimate of drug-likeness (QED) is 0.797. The van der Waals surface area contributed by atoms with E-state index < -0.39 is 6.10 Å². The maximum Gasteiger partial charge on any atom is 0.242 e. The van der Waals surface area contributed by atoms with Crippen LogP contribution in [0.5, 0.6) is 0 Å². The van der Waals surface area contributed by atoms with Gasteiger partial charge in [-0.2, -0.15) is 5.10 Å². The molecule has 6 heteroatoms. The fraction of sp³-hybridized carbons (Fsp3) is 0.368. The second-order valence-corrected chi connectivity index (χ2v) is 6.63. The van der Waals surface area contributed by atoms with Crippen LogP contribution in [0.2, 0.25) is 0 Å². The number of nitrogens with zero attached hydrogens (tertiary/aromatic N) is 4. The lowest BCUT2D eigenvalue weighted by Gasteiger charge is -2.20. The highest BCUT2D eigenvalue weighted by Crippen LogP contribution is 2.19. The summed E-state index contributed by atoms with van der Waals surface area (Å²) in [4.78, 5) is 14.7. The third-order valence-corrected chi connectivity index (χ3v) is 4.80. The van der Waals surface area contributed by atoms with Gasteiger partial charge in [0, 0.05) is 24.8 Å². The lowest BCUT2D eigenvalue weighted by atomic mass is 10.2. The van der Waals surface area contributed by atoms with Crippen LogP contribution < -0.4 is 0 Å². The Hall–Kier alpha value is -2.60. The van der Waals surface area contributed by atoms with Crippen molar-refractivity contribution in [1.29, 1.82) is 0 Å². The molecule has 3 aromatic rings. The number of carbonyl (C=O) groups excluding carboxylic acids is 1. The highest BCUT2D eigenvalue weighted by Gasteiger charge is 2.22. The van der Waals surface area contributed by atoms with Crippen LogP contribution >= 0.6 is 0 Å². The molecule has 0 aliphatic carbocycles. The third kappa shape index (κ3) is 3.05. The molecule has 1 amide bonds. The average molecular weight is 338 g/mol. The van der Waals surface area contributed by atoms with E-state index in [0.29, 0.717) is 18.8 Å². The minimum Gasteiger partial charge on any atom is -0.387 e. The minimum absolute atomic E-state index is 0.106. The Bertz CT molecular complexity index is 909. The predicted octanol–water partition coefficient (Wildman–Crippen LogP) is 2.32. The first kappa shape index (κ1) is 15.9. The van der Waals surface area contributed by atoms with Gasteiger partial charge >= 0.3 is 0 Å². The second kappa shape index (κ2) is 6.37. The number of hydrogen-bond acceptors (Lipinski definition) is 3. The van der Waals surface area contributed by atoms with Crippen molar-refractivity contribution in [1.82, 2.24) is 19.2 Å². The molecular weight excluding hydrogens is 316 g/mol. The first-order valence-corrected chi connectivity index (χ1v) is 8.68. The van der Waals surface area contributed by atoms with Crippen LogP contribution in [-0.2, 0) is 24.4 Å². The normalized spacial score (nSPS) is 15.8. The first-order chi connectivity index (χ1) is 12.1. The number of para-hydroxylation sites is 1. The van der Waals surface area contributed by atoms with Gasteiger partial charge in [-0.05, 0) is 36.9 Å². The number of amides is 1. The van der Waals surface area contributed by atoms with Crippen LogP contribution in [0.25, 0.3) is 10.9 Å². The number of aliphatic hydroxyl groups excluding tert-OH is 1. The number of benzene rings is 1. The van der Waals surface area contributed by atoms with E-state index in [-0.39, 0.29) is 5.91 Å². The summed E-state index contributed by atoms with van der Waals surface area (Å²) in [5.41, 5.74) is 2.73. The van der Waals surface area contributed by atoms with Gasteiger partial charge < -0.3 is 14.6 Å². The number of hydrogen-bond donors (Lipinski definition) is 1. The minimum atomic E-state index is -0.588. The smallest absolute Gasteiger partial charge is 0.242 e. The van der Waals surface area contributed by atoms with Crippen molar-refractivity contribution in [2.24, 2.45) is 0 Å². The standard InChI is InChI=1S/C19H22N4O2/c1-14(24)17-11-16-12-22(8-4-9-23(16)20-17)19(25)13-21-10-7-15-5-2-3-6-18(15)21/h2-3,5-7,10-11,14,24H,4,8-9,12-13H2,1H3/t14-/m1/s1. The number of rotatable bonds is 3. The molecule has 0 spiro atoms. The number of aliphatic hydroxyl groups is 1. The van der Waals surface area contributed by atoms with Crippen molar-refractivity contribution < 1.29 is 9.90 Å². The zero-order valence-electron chi connectivity index (χ0n) is 14.3. The molecule has 1 N–H and O–H groups in total. The van der Waals surface area contributed by atoms with E-state index in [1.165, 1.54) is 0 Å². The average Bonchev–Trinajstić information content (AvgIpc) is 3.14. The fourth-order valence-corrected chi connectivity index (χ4v) is 3.43. The molecule has 3 heterocycles. The maximum absolute atomic E-state index is 12.8. The van der Waals surface area contributed by atoms with E-state index in [9.17, 15) is 9.90 Å². The zero-order chi connectivity index (χ0) is 17.4. The Kier molecular flexibility index (Phi) is 4.05. The summed E-state index contributed by atoms with van der Waals surface area (Å²) in [6.45, 7) is 4.09. The van der Waals surface area contributed by atoms with Crippen LogP contribution in [0.4, 0.5) is 0 Å². The summed E-state index contributed by atoms with van der Waals surface area (Å²) >= 11 is 0. The van der Waals surface area contributed by atoms with E-state index in [2.05, 4.69) is 11.2 Å². The highest BCUT2D eigenvalue weighted by molar-refractivity contribution is 5.83. The molecule has 25 heavy (non-hydrogen) atoms. The van der Waals surface area contributed by atoms with E-state index in [1.807, 2.05) is 50.7 Å². The Balaban J connectivity index is 1.53. The molecule has 0 unspecified atom stereocenters. The summed E-state index contributed by atoms with van der Waals surface area (Å²) in [6, 6.07) is 12.0. The largest absolute Gasteiger partial charge is 0.387 e. The molecule has 6 nitrogen and oxygen atoms in total. The number of fused-ring (bicyclic) bond motifs is 2. The molecule has 0 saturated heterocycles. The SMILES string of the molecule is C[C@@H](O)c1cc2n(n1)CCCN(C(=O)Cn1ccc3ccccc31)C2. The monoisotopic (exact) mass is 338 g/mol. The number of carbonyl (C=O) groups is 1. The van der Waals surface area contributed by atoms with Crippen molar-refractivity contribution in [3.63, 3.8) is 0 Å². The molecule has 1 aliphatic rings. The molecule has 1 atom stereocenters. The first-order valence-electron chi connectivity index (χ1n) is 8.68. The Morgan fingerprint density at radius 1 is 1.28 bits per heavy atom. The van der Waals surface area contributed by atoms with Crippen LogP contribution in [0.1, 0.15) is 30.8 Å². The third-order valence-electron chi connectivity index (χ3n) is 4.80. The lowest BCUT2D eigenvalue weighted by Crippen LogP contribution is -2.33. The van der Waals surface area contributed by atoms with Gasteiger partial charge in [0.1, 0.15) is 6.54 Å². The summed E-state index contributed by atoms with van der Waals surface area (Å²) in [6.07, 6.45) is 2.25. The van der Waals surface area contributed by atoms with Crippen LogP contribution in [0.3, 0.4) is 0 Å². The maximum atomic E-state index is 12.8. The second-order valence-electron chi connectivity index (χ2n) is 6.63. The molecule has 0 radical (unpaired) electrons. The fourth-order valence-electron chi connectivity index (χ4n) is 3.43. The van der Waals surface area contributed by atoms with Crippen molar-refractivity contribution in [2.75, 3.05) is 6.54 Å². The molecule has 0 saturated carbocycles. The topological polar surface area (TPSA) is 63.3 Å². The summed E-state index contributed by atoms with van der Waals surface area (Å²) in [5.74, 6) is 0.106. The van der Waals surface area contributed by atoms with Crippen LogP contribution in [0.15, 0.2) is 42.6 Å². The summed E-state index contributed by atoms with van der Waals surface area (Å²) in [5, 5.41) is 15.3. The van der Waals surface area contributed by atoms with Crippen molar-refractivity contribution in [3.8, 4) is 0 Å². The van der Waals surface area contributed by atoms with Gasteiger partial charge in [-0.15, -0.1) is 0 Å². The van der Waals surface area contributed by atoms with Gasteiger partial charge in [-0.1, -0.05) is 18.2 Å².